The van der Waals surface area contributed by atoms with Gasteiger partial charge in [-0.1, -0.05) is 38.1 Å². The maximum Gasteiger partial charge on any atom is 0.347 e. The SMILES string of the molecule is Cc1cc(C)n(CCC(=O)N2CCCC(=O)N(CCC(C)C)CC(=O)NC3(CCCc4ccccc43)C(=O)NCC2)c(=O)n1. The molecule has 2 N–H and O–H groups in total. The second-order valence-corrected chi connectivity index (χ2v) is 12.4. The summed E-state index contributed by atoms with van der Waals surface area (Å²) < 4.78 is 1.49. The van der Waals surface area contributed by atoms with Gasteiger partial charge in [0.05, 0.1) is 6.54 Å². The summed E-state index contributed by atoms with van der Waals surface area (Å²) in [4.78, 5) is 73.9. The first kappa shape index (κ1) is 32.9. The van der Waals surface area contributed by atoms with Crippen LogP contribution in [0, 0.1) is 19.8 Å². The van der Waals surface area contributed by atoms with Crippen LogP contribution in [-0.4, -0.2) is 75.7 Å². The molecular weight excluding hydrogens is 560 g/mol. The lowest BCUT2D eigenvalue weighted by Gasteiger charge is -2.39. The van der Waals surface area contributed by atoms with Gasteiger partial charge < -0.3 is 20.4 Å². The van der Waals surface area contributed by atoms with Crippen LogP contribution in [0.1, 0.15) is 74.9 Å². The molecule has 2 aliphatic rings. The van der Waals surface area contributed by atoms with E-state index >= 15 is 0 Å². The summed E-state index contributed by atoms with van der Waals surface area (Å²) in [6.07, 6.45) is 3.39. The van der Waals surface area contributed by atoms with Crippen LogP contribution in [0.25, 0.3) is 0 Å². The third-order valence-corrected chi connectivity index (χ3v) is 8.61. The van der Waals surface area contributed by atoms with Gasteiger partial charge in [-0.15, -0.1) is 0 Å². The highest BCUT2D eigenvalue weighted by atomic mass is 16.2. The Morgan fingerprint density at radius 1 is 1.02 bits per heavy atom. The predicted molar refractivity (Wildman–Crippen MR) is 167 cm³/mol. The van der Waals surface area contributed by atoms with Crippen molar-refractivity contribution < 1.29 is 19.2 Å². The molecule has 11 nitrogen and oxygen atoms in total. The van der Waals surface area contributed by atoms with E-state index in [9.17, 15) is 24.0 Å². The van der Waals surface area contributed by atoms with Crippen molar-refractivity contribution in [2.45, 2.75) is 84.7 Å². The number of carbonyl (C=O) groups is 4. The molecule has 1 saturated heterocycles. The number of benzene rings is 1. The van der Waals surface area contributed by atoms with E-state index < -0.39 is 11.2 Å². The maximum absolute atomic E-state index is 14.0. The standard InChI is InChI=1S/C33H46N6O5/c1-23(2)13-18-38-22-28(40)36-33(15-7-10-26-9-5-6-11-27(26)33)31(43)34-16-20-37(17-8-12-29(38)41)30(42)14-19-39-25(4)21-24(3)35-32(39)44/h5-6,9,11,21,23H,7-8,10,12-20,22H2,1-4H3,(H,34,43)(H,36,40). The van der Waals surface area contributed by atoms with Crippen LogP contribution in [0.2, 0.25) is 0 Å². The zero-order valence-corrected chi connectivity index (χ0v) is 26.5. The number of fused-ring (bicyclic) bond motifs is 2. The van der Waals surface area contributed by atoms with Crippen LogP contribution in [0.3, 0.4) is 0 Å². The third-order valence-electron chi connectivity index (χ3n) is 8.61. The van der Waals surface area contributed by atoms with E-state index in [2.05, 4.69) is 29.5 Å². The van der Waals surface area contributed by atoms with Crippen LogP contribution in [0.15, 0.2) is 35.1 Å². The van der Waals surface area contributed by atoms with Gasteiger partial charge in [0.25, 0.3) is 5.91 Å². The van der Waals surface area contributed by atoms with E-state index in [1.54, 1.807) is 22.8 Å². The molecule has 1 fully saturated rings. The fourth-order valence-corrected chi connectivity index (χ4v) is 6.22. The number of nitrogens with one attached hydrogen (secondary N) is 2. The van der Waals surface area contributed by atoms with E-state index in [1.807, 2.05) is 31.2 Å². The fraction of sp³-hybridized carbons (Fsp3) is 0.576. The topological polar surface area (TPSA) is 134 Å². The van der Waals surface area contributed by atoms with E-state index in [0.717, 1.165) is 36.1 Å². The third kappa shape index (κ3) is 7.92. The minimum absolute atomic E-state index is 0.0846. The molecule has 1 aromatic heterocycles. The van der Waals surface area contributed by atoms with Crippen molar-refractivity contribution in [3.8, 4) is 0 Å². The molecule has 0 radical (unpaired) electrons. The van der Waals surface area contributed by atoms with Crippen LogP contribution in [-0.2, 0) is 37.7 Å². The molecule has 11 heteroatoms. The first-order chi connectivity index (χ1) is 21.0. The Balaban J connectivity index is 1.58. The molecule has 0 bridgehead atoms. The molecular formula is C33H46N6O5. The fourth-order valence-electron chi connectivity index (χ4n) is 6.22. The average molecular weight is 607 g/mol. The summed E-state index contributed by atoms with van der Waals surface area (Å²) >= 11 is 0. The summed E-state index contributed by atoms with van der Waals surface area (Å²) in [7, 11) is 0. The van der Waals surface area contributed by atoms with Crippen molar-refractivity contribution in [1.29, 1.82) is 0 Å². The van der Waals surface area contributed by atoms with Gasteiger partial charge in [-0.3, -0.25) is 23.7 Å². The Kier molecular flexibility index (Phi) is 10.9. The monoisotopic (exact) mass is 606 g/mol. The number of aromatic nitrogens is 2. The highest BCUT2D eigenvalue weighted by molar-refractivity contribution is 5.94. The lowest BCUT2D eigenvalue weighted by molar-refractivity contribution is -0.140. The van der Waals surface area contributed by atoms with Gasteiger partial charge in [0.2, 0.25) is 17.7 Å². The summed E-state index contributed by atoms with van der Waals surface area (Å²) in [5.74, 6) is -0.669. The normalized spacial score (nSPS) is 20.2. The summed E-state index contributed by atoms with van der Waals surface area (Å²) in [5, 5.41) is 6.06. The number of amides is 4. The Labute approximate surface area is 259 Å². The van der Waals surface area contributed by atoms with Gasteiger partial charge in [-0.05, 0) is 69.1 Å². The van der Waals surface area contributed by atoms with Gasteiger partial charge in [0.1, 0.15) is 5.54 Å². The van der Waals surface area contributed by atoms with E-state index in [0.29, 0.717) is 37.5 Å². The molecule has 0 saturated carbocycles. The van der Waals surface area contributed by atoms with Crippen molar-refractivity contribution in [2.75, 3.05) is 32.7 Å². The lowest BCUT2D eigenvalue weighted by atomic mass is 9.75. The second-order valence-electron chi connectivity index (χ2n) is 12.4. The smallest absolute Gasteiger partial charge is 0.347 e. The van der Waals surface area contributed by atoms with Crippen LogP contribution in [0.4, 0.5) is 0 Å². The molecule has 238 valence electrons. The van der Waals surface area contributed by atoms with Gasteiger partial charge in [0.15, 0.2) is 0 Å². The molecule has 2 heterocycles. The summed E-state index contributed by atoms with van der Waals surface area (Å²) in [6.45, 7) is 8.93. The number of rotatable bonds is 6. The first-order valence-electron chi connectivity index (χ1n) is 15.8. The van der Waals surface area contributed by atoms with Gasteiger partial charge in [-0.2, -0.15) is 4.98 Å². The molecule has 1 aliphatic heterocycles. The molecule has 2 aromatic rings. The average Bonchev–Trinajstić information content (AvgIpc) is 2.97. The Morgan fingerprint density at radius 3 is 2.55 bits per heavy atom. The molecule has 1 aromatic carbocycles. The largest absolute Gasteiger partial charge is 0.352 e. The molecule has 1 atom stereocenters. The minimum atomic E-state index is -1.27. The van der Waals surface area contributed by atoms with Gasteiger partial charge >= 0.3 is 5.69 Å². The van der Waals surface area contributed by atoms with Crippen molar-refractivity contribution in [1.82, 2.24) is 30.0 Å². The quantitative estimate of drug-likeness (QED) is 0.518. The number of nitrogens with zero attached hydrogens (tertiary/aromatic N) is 4. The van der Waals surface area contributed by atoms with Crippen LogP contribution < -0.4 is 16.3 Å². The zero-order valence-electron chi connectivity index (χ0n) is 26.5. The number of aryl methyl sites for hydroxylation is 3. The summed E-state index contributed by atoms with van der Waals surface area (Å²) in [6, 6.07) is 9.47. The molecule has 4 amide bonds. The van der Waals surface area contributed by atoms with Gasteiger partial charge in [0, 0.05) is 57.0 Å². The van der Waals surface area contributed by atoms with Crippen LogP contribution >= 0.6 is 0 Å². The minimum Gasteiger partial charge on any atom is -0.352 e. The summed E-state index contributed by atoms with van der Waals surface area (Å²) in [5.41, 5.74) is 1.48. The predicted octanol–water partition coefficient (Wildman–Crippen LogP) is 2.21. The first-order valence-corrected chi connectivity index (χ1v) is 15.8. The molecule has 44 heavy (non-hydrogen) atoms. The lowest BCUT2D eigenvalue weighted by Crippen LogP contribution is -2.60. The van der Waals surface area contributed by atoms with E-state index in [4.69, 9.17) is 0 Å². The van der Waals surface area contributed by atoms with Crippen molar-refractivity contribution >= 4 is 23.6 Å². The maximum atomic E-state index is 14.0. The molecule has 1 unspecified atom stereocenters. The van der Waals surface area contributed by atoms with Crippen molar-refractivity contribution in [2.24, 2.45) is 5.92 Å². The Morgan fingerprint density at radius 2 is 1.80 bits per heavy atom. The molecule has 4 rings (SSSR count). The van der Waals surface area contributed by atoms with Crippen LogP contribution in [0.5, 0.6) is 0 Å². The van der Waals surface area contributed by atoms with Crippen molar-refractivity contribution in [3.63, 3.8) is 0 Å². The highest BCUT2D eigenvalue weighted by Gasteiger charge is 2.44. The number of carbonyl (C=O) groups excluding carboxylic acids is 4. The molecule has 1 spiro atoms. The Hall–Kier alpha value is -4.02. The van der Waals surface area contributed by atoms with Gasteiger partial charge in [-0.25, -0.2) is 4.79 Å². The van der Waals surface area contributed by atoms with Crippen molar-refractivity contribution in [3.05, 3.63) is 63.3 Å². The number of hydrogen-bond donors (Lipinski definition) is 2. The Bertz CT molecular complexity index is 1440. The van der Waals surface area contributed by atoms with E-state index in [1.165, 1.54) is 4.57 Å². The highest BCUT2D eigenvalue weighted by Crippen LogP contribution is 2.36. The number of hydrogen-bond acceptors (Lipinski definition) is 6. The zero-order chi connectivity index (χ0) is 31.9. The van der Waals surface area contributed by atoms with E-state index in [-0.39, 0.29) is 62.6 Å². The molecule has 1 aliphatic carbocycles. The second kappa shape index (κ2) is 14.6.